The molecule has 0 aromatic heterocycles. The molecule has 2 rings (SSSR count). The van der Waals surface area contributed by atoms with Crippen LogP contribution in [0, 0.1) is 5.82 Å². The molecule has 18 heavy (non-hydrogen) atoms. The van der Waals surface area contributed by atoms with Crippen LogP contribution in [0.5, 0.6) is 0 Å². The Kier molecular flexibility index (Phi) is 6.05. The molecule has 1 heterocycles. The van der Waals surface area contributed by atoms with Gasteiger partial charge in [0.15, 0.2) is 0 Å². The standard InChI is InChI=1S/C12H14BrFN2O.ClH/c13-11-4-3-8(14)6-10(11)12(17)16-9-2-1-5-15-7-9;/h3-4,6,9,15H,1-2,5,7H2,(H,16,17);1H/t9-;/m0./s1. The zero-order chi connectivity index (χ0) is 12.3. The zero-order valence-electron chi connectivity index (χ0n) is 9.71. The highest BCUT2D eigenvalue weighted by molar-refractivity contribution is 9.10. The molecule has 1 aromatic carbocycles. The van der Waals surface area contributed by atoms with E-state index < -0.39 is 5.82 Å². The molecule has 0 saturated carbocycles. The van der Waals surface area contributed by atoms with Crippen LogP contribution in [0.3, 0.4) is 0 Å². The van der Waals surface area contributed by atoms with Gasteiger partial charge in [0.05, 0.1) is 5.56 Å². The lowest BCUT2D eigenvalue weighted by Crippen LogP contribution is -2.45. The molecule has 1 aliphatic rings. The maximum absolute atomic E-state index is 13.1. The van der Waals surface area contributed by atoms with Crippen LogP contribution in [0.25, 0.3) is 0 Å². The number of carbonyl (C=O) groups is 1. The van der Waals surface area contributed by atoms with E-state index in [-0.39, 0.29) is 24.4 Å². The summed E-state index contributed by atoms with van der Waals surface area (Å²) in [5, 5.41) is 6.12. The molecule has 1 saturated heterocycles. The van der Waals surface area contributed by atoms with Crippen LogP contribution < -0.4 is 10.6 Å². The molecule has 0 radical (unpaired) electrons. The minimum Gasteiger partial charge on any atom is -0.348 e. The summed E-state index contributed by atoms with van der Waals surface area (Å²) in [6.45, 7) is 1.77. The molecule has 1 fully saturated rings. The van der Waals surface area contributed by atoms with Crippen molar-refractivity contribution in [2.24, 2.45) is 0 Å². The number of piperidine rings is 1. The van der Waals surface area contributed by atoms with Crippen LogP contribution in [0.2, 0.25) is 0 Å². The van der Waals surface area contributed by atoms with Gasteiger partial charge in [0.1, 0.15) is 5.82 Å². The van der Waals surface area contributed by atoms with Crippen molar-refractivity contribution < 1.29 is 9.18 Å². The molecule has 0 spiro atoms. The molecular weight excluding hydrogens is 322 g/mol. The third-order valence-electron chi connectivity index (χ3n) is 2.81. The summed E-state index contributed by atoms with van der Waals surface area (Å²) in [6.07, 6.45) is 2.01. The van der Waals surface area contributed by atoms with Crippen molar-refractivity contribution in [1.29, 1.82) is 0 Å². The van der Waals surface area contributed by atoms with E-state index in [2.05, 4.69) is 26.6 Å². The summed E-state index contributed by atoms with van der Waals surface area (Å²) in [4.78, 5) is 12.0. The van der Waals surface area contributed by atoms with Crippen LogP contribution in [-0.4, -0.2) is 25.0 Å². The van der Waals surface area contributed by atoms with Crippen molar-refractivity contribution in [1.82, 2.24) is 10.6 Å². The topological polar surface area (TPSA) is 41.1 Å². The Morgan fingerprint density at radius 2 is 2.28 bits per heavy atom. The average Bonchev–Trinajstić information content (AvgIpc) is 2.33. The number of hydrogen-bond donors (Lipinski definition) is 2. The number of hydrogen-bond acceptors (Lipinski definition) is 2. The molecule has 0 aliphatic carbocycles. The summed E-state index contributed by atoms with van der Waals surface area (Å²) in [5.74, 6) is -0.634. The second-order valence-corrected chi connectivity index (χ2v) is 5.00. The Morgan fingerprint density at radius 1 is 1.50 bits per heavy atom. The fraction of sp³-hybridized carbons (Fsp3) is 0.417. The van der Waals surface area contributed by atoms with Gasteiger partial charge in [-0.1, -0.05) is 0 Å². The quantitative estimate of drug-likeness (QED) is 0.870. The molecule has 1 aromatic rings. The number of rotatable bonds is 2. The van der Waals surface area contributed by atoms with Crippen LogP contribution >= 0.6 is 28.3 Å². The van der Waals surface area contributed by atoms with Crippen molar-refractivity contribution in [2.75, 3.05) is 13.1 Å². The summed E-state index contributed by atoms with van der Waals surface area (Å²) >= 11 is 3.25. The van der Waals surface area contributed by atoms with Crippen LogP contribution in [0.15, 0.2) is 22.7 Å². The van der Waals surface area contributed by atoms with Crippen molar-refractivity contribution in [3.63, 3.8) is 0 Å². The second-order valence-electron chi connectivity index (χ2n) is 4.14. The average molecular weight is 338 g/mol. The number of amides is 1. The van der Waals surface area contributed by atoms with E-state index in [0.717, 1.165) is 25.9 Å². The third-order valence-corrected chi connectivity index (χ3v) is 3.50. The highest BCUT2D eigenvalue weighted by Gasteiger charge is 2.18. The normalized spacial score (nSPS) is 18.9. The SMILES string of the molecule is Cl.O=C(N[C@H]1CCCNC1)c1cc(F)ccc1Br. The van der Waals surface area contributed by atoms with Crippen LogP contribution in [-0.2, 0) is 0 Å². The van der Waals surface area contributed by atoms with Gasteiger partial charge in [0.25, 0.3) is 5.91 Å². The zero-order valence-corrected chi connectivity index (χ0v) is 12.1. The summed E-state index contributed by atoms with van der Waals surface area (Å²) in [5.41, 5.74) is 0.343. The van der Waals surface area contributed by atoms with Crippen molar-refractivity contribution in [3.8, 4) is 0 Å². The van der Waals surface area contributed by atoms with E-state index in [9.17, 15) is 9.18 Å². The lowest BCUT2D eigenvalue weighted by Gasteiger charge is -2.24. The number of benzene rings is 1. The highest BCUT2D eigenvalue weighted by atomic mass is 79.9. The lowest BCUT2D eigenvalue weighted by molar-refractivity contribution is 0.0929. The monoisotopic (exact) mass is 336 g/mol. The molecule has 1 aliphatic heterocycles. The number of carbonyl (C=O) groups excluding carboxylic acids is 1. The predicted octanol–water partition coefficient (Wildman–Crippen LogP) is 2.49. The van der Waals surface area contributed by atoms with Crippen molar-refractivity contribution in [2.45, 2.75) is 18.9 Å². The molecule has 3 nitrogen and oxygen atoms in total. The molecular formula is C12H15BrClFN2O. The molecule has 1 amide bonds. The maximum Gasteiger partial charge on any atom is 0.252 e. The van der Waals surface area contributed by atoms with Gasteiger partial charge in [-0.15, -0.1) is 12.4 Å². The predicted molar refractivity (Wildman–Crippen MR) is 74.7 cm³/mol. The summed E-state index contributed by atoms with van der Waals surface area (Å²) < 4.78 is 13.7. The van der Waals surface area contributed by atoms with Crippen LogP contribution in [0.4, 0.5) is 4.39 Å². The van der Waals surface area contributed by atoms with Gasteiger partial charge in [0.2, 0.25) is 0 Å². The Balaban J connectivity index is 0.00000162. The number of halogens is 3. The van der Waals surface area contributed by atoms with Gasteiger partial charge in [-0.3, -0.25) is 4.79 Å². The van der Waals surface area contributed by atoms with Gasteiger partial charge in [-0.05, 0) is 53.5 Å². The Hall–Kier alpha value is -0.650. The van der Waals surface area contributed by atoms with Gasteiger partial charge in [-0.2, -0.15) is 0 Å². The fourth-order valence-electron chi connectivity index (χ4n) is 1.91. The largest absolute Gasteiger partial charge is 0.348 e. The lowest BCUT2D eigenvalue weighted by atomic mass is 10.1. The maximum atomic E-state index is 13.1. The minimum absolute atomic E-state index is 0. The smallest absolute Gasteiger partial charge is 0.252 e. The van der Waals surface area contributed by atoms with Gasteiger partial charge >= 0.3 is 0 Å². The summed E-state index contributed by atoms with van der Waals surface area (Å²) in [7, 11) is 0. The van der Waals surface area contributed by atoms with E-state index in [1.807, 2.05) is 0 Å². The van der Waals surface area contributed by atoms with Gasteiger partial charge < -0.3 is 10.6 Å². The first kappa shape index (κ1) is 15.4. The van der Waals surface area contributed by atoms with Gasteiger partial charge in [0, 0.05) is 17.1 Å². The number of nitrogens with one attached hydrogen (secondary N) is 2. The van der Waals surface area contributed by atoms with E-state index in [1.165, 1.54) is 12.1 Å². The van der Waals surface area contributed by atoms with E-state index in [1.54, 1.807) is 6.07 Å². The first-order chi connectivity index (χ1) is 8.16. The second kappa shape index (κ2) is 7.07. The third kappa shape index (κ3) is 3.93. The van der Waals surface area contributed by atoms with Crippen LogP contribution in [0.1, 0.15) is 23.2 Å². The Bertz CT molecular complexity index is 425. The van der Waals surface area contributed by atoms with Gasteiger partial charge in [-0.25, -0.2) is 4.39 Å². The molecule has 0 bridgehead atoms. The van der Waals surface area contributed by atoms with Crippen molar-refractivity contribution >= 4 is 34.2 Å². The molecule has 1 atom stereocenters. The van der Waals surface area contributed by atoms with E-state index in [0.29, 0.717) is 10.0 Å². The Labute approximate surface area is 120 Å². The first-order valence-corrected chi connectivity index (χ1v) is 6.43. The molecule has 2 N–H and O–H groups in total. The summed E-state index contributed by atoms with van der Waals surface area (Å²) in [6, 6.07) is 4.24. The highest BCUT2D eigenvalue weighted by Crippen LogP contribution is 2.18. The minimum atomic E-state index is -0.403. The fourth-order valence-corrected chi connectivity index (χ4v) is 2.34. The van der Waals surface area contributed by atoms with E-state index >= 15 is 0 Å². The first-order valence-electron chi connectivity index (χ1n) is 5.63. The van der Waals surface area contributed by atoms with E-state index in [4.69, 9.17) is 0 Å². The van der Waals surface area contributed by atoms with Crippen molar-refractivity contribution in [3.05, 3.63) is 34.1 Å². The molecule has 100 valence electrons. The Morgan fingerprint density at radius 3 is 2.94 bits per heavy atom. The molecule has 6 heteroatoms. The molecule has 0 unspecified atom stereocenters.